The van der Waals surface area contributed by atoms with Crippen LogP contribution in [0.15, 0.2) is 12.3 Å². The molecule has 0 amide bonds. The summed E-state index contributed by atoms with van der Waals surface area (Å²) < 4.78 is 10.7. The molecule has 0 radical (unpaired) electrons. The molecular weight excluding hydrogens is 278 g/mol. The van der Waals surface area contributed by atoms with Gasteiger partial charge in [0.25, 0.3) is 0 Å². The van der Waals surface area contributed by atoms with Crippen molar-refractivity contribution in [3.63, 3.8) is 0 Å². The lowest BCUT2D eigenvalue weighted by molar-refractivity contribution is 0.103. The standard InChI is InChI=1S/C18H31NO3/c1-7-12(2)18(20)17-16(9-14(4)22-6)10-15(11-19-17)8-13(3)21-5/h10-14,18,20H,7-9H2,1-6H3. The van der Waals surface area contributed by atoms with Gasteiger partial charge in [0.2, 0.25) is 0 Å². The number of aliphatic hydroxyl groups is 1. The van der Waals surface area contributed by atoms with Crippen LogP contribution in [0.3, 0.4) is 0 Å². The van der Waals surface area contributed by atoms with Gasteiger partial charge in [-0.05, 0) is 37.3 Å². The van der Waals surface area contributed by atoms with Crippen molar-refractivity contribution < 1.29 is 14.6 Å². The van der Waals surface area contributed by atoms with Gasteiger partial charge in [0.15, 0.2) is 0 Å². The maximum atomic E-state index is 10.5. The van der Waals surface area contributed by atoms with Crippen molar-refractivity contribution in [2.45, 2.75) is 65.3 Å². The molecule has 1 N–H and O–H groups in total. The molecule has 0 aliphatic rings. The Hall–Kier alpha value is -0.970. The number of methoxy groups -OCH3 is 2. The number of ether oxygens (including phenoxy) is 2. The van der Waals surface area contributed by atoms with E-state index < -0.39 is 6.10 Å². The van der Waals surface area contributed by atoms with Crippen molar-refractivity contribution in [3.05, 3.63) is 29.1 Å². The summed E-state index contributed by atoms with van der Waals surface area (Å²) in [7, 11) is 3.42. The number of hydrogen-bond donors (Lipinski definition) is 1. The van der Waals surface area contributed by atoms with Crippen LogP contribution in [0.2, 0.25) is 0 Å². The first kappa shape index (κ1) is 19.1. The molecule has 0 aromatic carbocycles. The Morgan fingerprint density at radius 2 is 1.68 bits per heavy atom. The van der Waals surface area contributed by atoms with Crippen molar-refractivity contribution in [1.29, 1.82) is 0 Å². The summed E-state index contributed by atoms with van der Waals surface area (Å²) >= 11 is 0. The van der Waals surface area contributed by atoms with E-state index in [1.807, 2.05) is 20.0 Å². The smallest absolute Gasteiger partial charge is 0.0987 e. The fourth-order valence-electron chi connectivity index (χ4n) is 2.41. The van der Waals surface area contributed by atoms with Crippen molar-refractivity contribution in [3.8, 4) is 0 Å². The monoisotopic (exact) mass is 309 g/mol. The third kappa shape index (κ3) is 5.34. The highest BCUT2D eigenvalue weighted by Crippen LogP contribution is 2.27. The molecule has 4 nitrogen and oxygen atoms in total. The van der Waals surface area contributed by atoms with E-state index in [0.29, 0.717) is 0 Å². The highest BCUT2D eigenvalue weighted by atomic mass is 16.5. The minimum absolute atomic E-state index is 0.0970. The van der Waals surface area contributed by atoms with Gasteiger partial charge in [0.05, 0.1) is 24.0 Å². The molecule has 1 aromatic rings. The van der Waals surface area contributed by atoms with Gasteiger partial charge in [-0.3, -0.25) is 4.98 Å². The minimum Gasteiger partial charge on any atom is -0.387 e. The quantitative estimate of drug-likeness (QED) is 0.760. The Morgan fingerprint density at radius 1 is 1.09 bits per heavy atom. The molecule has 0 spiro atoms. The van der Waals surface area contributed by atoms with Gasteiger partial charge in [-0.2, -0.15) is 0 Å². The summed E-state index contributed by atoms with van der Waals surface area (Å²) in [4.78, 5) is 4.56. The van der Waals surface area contributed by atoms with E-state index in [1.165, 1.54) is 0 Å². The van der Waals surface area contributed by atoms with Crippen LogP contribution in [-0.2, 0) is 22.3 Å². The zero-order valence-electron chi connectivity index (χ0n) is 14.8. The largest absolute Gasteiger partial charge is 0.387 e. The third-order valence-electron chi connectivity index (χ3n) is 4.36. The zero-order chi connectivity index (χ0) is 16.7. The van der Waals surface area contributed by atoms with Crippen LogP contribution in [0.4, 0.5) is 0 Å². The van der Waals surface area contributed by atoms with E-state index in [9.17, 15) is 5.11 Å². The second kappa shape index (κ2) is 9.23. The molecule has 1 aromatic heterocycles. The van der Waals surface area contributed by atoms with Gasteiger partial charge >= 0.3 is 0 Å². The van der Waals surface area contributed by atoms with Crippen LogP contribution in [0.25, 0.3) is 0 Å². The molecule has 0 bridgehead atoms. The zero-order valence-corrected chi connectivity index (χ0v) is 14.8. The van der Waals surface area contributed by atoms with Crippen LogP contribution in [0.1, 0.15) is 57.0 Å². The maximum Gasteiger partial charge on any atom is 0.0987 e. The molecule has 0 fully saturated rings. The van der Waals surface area contributed by atoms with E-state index in [4.69, 9.17) is 9.47 Å². The lowest BCUT2D eigenvalue weighted by Crippen LogP contribution is -2.18. The average Bonchev–Trinajstić information content (AvgIpc) is 2.53. The second-order valence-electron chi connectivity index (χ2n) is 6.22. The van der Waals surface area contributed by atoms with Crippen LogP contribution >= 0.6 is 0 Å². The number of rotatable bonds is 9. The van der Waals surface area contributed by atoms with E-state index >= 15 is 0 Å². The van der Waals surface area contributed by atoms with Gasteiger partial charge in [-0.25, -0.2) is 0 Å². The molecular formula is C18H31NO3. The Balaban J connectivity index is 3.08. The van der Waals surface area contributed by atoms with Gasteiger partial charge in [0.1, 0.15) is 0 Å². The summed E-state index contributed by atoms with van der Waals surface area (Å²) in [5, 5.41) is 10.5. The molecule has 4 unspecified atom stereocenters. The normalized spacial score (nSPS) is 17.0. The fourth-order valence-corrected chi connectivity index (χ4v) is 2.41. The van der Waals surface area contributed by atoms with Gasteiger partial charge in [0, 0.05) is 26.8 Å². The van der Waals surface area contributed by atoms with Gasteiger partial charge < -0.3 is 14.6 Å². The molecule has 0 saturated carbocycles. The Labute approximate surface area is 134 Å². The molecule has 4 heteroatoms. The molecule has 126 valence electrons. The predicted octanol–water partition coefficient (Wildman–Crippen LogP) is 3.32. The summed E-state index contributed by atoms with van der Waals surface area (Å²) in [6.45, 7) is 8.21. The van der Waals surface area contributed by atoms with Crippen LogP contribution in [0, 0.1) is 5.92 Å². The Bertz CT molecular complexity index is 450. The maximum absolute atomic E-state index is 10.5. The number of pyridine rings is 1. The van der Waals surface area contributed by atoms with E-state index in [1.54, 1.807) is 14.2 Å². The minimum atomic E-state index is -0.530. The first-order chi connectivity index (χ1) is 10.4. The number of nitrogens with zero attached hydrogens (tertiary/aromatic N) is 1. The molecule has 0 saturated heterocycles. The third-order valence-corrected chi connectivity index (χ3v) is 4.36. The predicted molar refractivity (Wildman–Crippen MR) is 89.0 cm³/mol. The Kier molecular flexibility index (Phi) is 8.01. The molecule has 1 heterocycles. The molecule has 1 rings (SSSR count). The molecule has 0 aliphatic carbocycles. The first-order valence-electron chi connectivity index (χ1n) is 8.14. The Morgan fingerprint density at radius 3 is 2.23 bits per heavy atom. The second-order valence-corrected chi connectivity index (χ2v) is 6.22. The van der Waals surface area contributed by atoms with Crippen LogP contribution in [-0.4, -0.2) is 36.5 Å². The van der Waals surface area contributed by atoms with Crippen molar-refractivity contribution in [2.24, 2.45) is 5.92 Å². The van der Waals surface area contributed by atoms with E-state index in [2.05, 4.69) is 24.9 Å². The first-order valence-corrected chi connectivity index (χ1v) is 8.14. The van der Waals surface area contributed by atoms with Crippen molar-refractivity contribution in [1.82, 2.24) is 4.98 Å². The summed E-state index contributed by atoms with van der Waals surface area (Å²) in [5.41, 5.74) is 2.99. The molecule has 22 heavy (non-hydrogen) atoms. The average molecular weight is 309 g/mol. The van der Waals surface area contributed by atoms with Gasteiger partial charge in [-0.15, -0.1) is 0 Å². The van der Waals surface area contributed by atoms with Gasteiger partial charge in [-0.1, -0.05) is 26.3 Å². The summed E-state index contributed by atoms with van der Waals surface area (Å²) in [6, 6.07) is 2.14. The number of aliphatic hydroxyl groups excluding tert-OH is 1. The molecule has 4 atom stereocenters. The van der Waals surface area contributed by atoms with Crippen LogP contribution in [0.5, 0.6) is 0 Å². The summed E-state index contributed by atoms with van der Waals surface area (Å²) in [6.07, 6.45) is 4.07. The number of aromatic nitrogens is 1. The van der Waals surface area contributed by atoms with Crippen molar-refractivity contribution in [2.75, 3.05) is 14.2 Å². The van der Waals surface area contributed by atoms with Crippen LogP contribution < -0.4 is 0 Å². The van der Waals surface area contributed by atoms with E-state index in [0.717, 1.165) is 36.1 Å². The number of hydrogen-bond acceptors (Lipinski definition) is 4. The SMILES string of the molecule is CCC(C)C(O)c1ncc(CC(C)OC)cc1CC(C)OC. The highest BCUT2D eigenvalue weighted by Gasteiger charge is 2.21. The fraction of sp³-hybridized carbons (Fsp3) is 0.722. The summed E-state index contributed by atoms with van der Waals surface area (Å²) in [5.74, 6) is 0.188. The lowest BCUT2D eigenvalue weighted by atomic mass is 9.93. The topological polar surface area (TPSA) is 51.6 Å². The highest BCUT2D eigenvalue weighted by molar-refractivity contribution is 5.28. The lowest BCUT2D eigenvalue weighted by Gasteiger charge is -2.22. The van der Waals surface area contributed by atoms with Crippen molar-refractivity contribution >= 4 is 0 Å². The molecule has 0 aliphatic heterocycles. The van der Waals surface area contributed by atoms with E-state index in [-0.39, 0.29) is 18.1 Å².